The molecule has 0 saturated heterocycles. The van der Waals surface area contributed by atoms with Gasteiger partial charge in [-0.25, -0.2) is 4.68 Å². The summed E-state index contributed by atoms with van der Waals surface area (Å²) in [6.07, 6.45) is 6.74. The summed E-state index contributed by atoms with van der Waals surface area (Å²) in [5.74, 6) is 0.802. The van der Waals surface area contributed by atoms with Gasteiger partial charge in [-0.05, 0) is 41.8 Å². The highest BCUT2D eigenvalue weighted by Gasteiger charge is 2.04. The second-order valence-corrected chi connectivity index (χ2v) is 6.58. The van der Waals surface area contributed by atoms with Gasteiger partial charge >= 0.3 is 0 Å². The van der Waals surface area contributed by atoms with Gasteiger partial charge in [-0.3, -0.25) is 4.99 Å². The van der Waals surface area contributed by atoms with Crippen molar-refractivity contribution in [1.29, 1.82) is 0 Å². The Morgan fingerprint density at radius 1 is 1.07 bits per heavy atom. The first-order valence-electron chi connectivity index (χ1n) is 9.42. The fourth-order valence-electron chi connectivity index (χ4n) is 3.25. The number of aromatic nitrogens is 3. The SMILES string of the molecule is CN=C(NCCc1c[nH]c2ccccc12)NCc1ccc(-n2cccn2)cc1. The van der Waals surface area contributed by atoms with Gasteiger partial charge in [0.1, 0.15) is 0 Å². The van der Waals surface area contributed by atoms with Gasteiger partial charge in [-0.2, -0.15) is 5.10 Å². The van der Waals surface area contributed by atoms with Gasteiger partial charge in [-0.15, -0.1) is 0 Å². The number of nitrogens with one attached hydrogen (secondary N) is 3. The molecule has 0 radical (unpaired) electrons. The molecule has 0 bridgehead atoms. The number of hydrogen-bond donors (Lipinski definition) is 3. The summed E-state index contributed by atoms with van der Waals surface area (Å²) in [7, 11) is 1.79. The quantitative estimate of drug-likeness (QED) is 0.359. The summed E-state index contributed by atoms with van der Waals surface area (Å²) in [6, 6.07) is 18.6. The Hall–Kier alpha value is -3.54. The Morgan fingerprint density at radius 2 is 1.93 bits per heavy atom. The predicted molar refractivity (Wildman–Crippen MR) is 114 cm³/mol. The van der Waals surface area contributed by atoms with Gasteiger partial charge in [0.25, 0.3) is 0 Å². The minimum Gasteiger partial charge on any atom is -0.361 e. The smallest absolute Gasteiger partial charge is 0.191 e. The highest BCUT2D eigenvalue weighted by Crippen LogP contribution is 2.17. The molecule has 0 fully saturated rings. The number of guanidine groups is 1. The normalized spacial score (nSPS) is 11.7. The maximum Gasteiger partial charge on any atom is 0.191 e. The number of para-hydroxylation sites is 1. The van der Waals surface area contributed by atoms with Gasteiger partial charge in [0, 0.05) is 49.6 Å². The largest absolute Gasteiger partial charge is 0.361 e. The summed E-state index contributed by atoms with van der Waals surface area (Å²) in [5.41, 5.74) is 4.73. The second kappa shape index (κ2) is 8.43. The molecule has 0 saturated carbocycles. The first-order chi connectivity index (χ1) is 13.8. The van der Waals surface area contributed by atoms with Gasteiger partial charge in [-0.1, -0.05) is 30.3 Å². The zero-order valence-corrected chi connectivity index (χ0v) is 15.9. The lowest BCUT2D eigenvalue weighted by molar-refractivity contribution is 0.795. The Balaban J connectivity index is 1.28. The van der Waals surface area contributed by atoms with Crippen molar-refractivity contribution in [3.05, 3.63) is 84.3 Å². The van der Waals surface area contributed by atoms with Crippen LogP contribution >= 0.6 is 0 Å². The number of rotatable bonds is 6. The molecule has 6 heteroatoms. The van der Waals surface area contributed by atoms with Crippen LogP contribution in [0.3, 0.4) is 0 Å². The van der Waals surface area contributed by atoms with E-state index in [4.69, 9.17) is 0 Å². The van der Waals surface area contributed by atoms with Crippen molar-refractivity contribution in [1.82, 2.24) is 25.4 Å². The summed E-state index contributed by atoms with van der Waals surface area (Å²) < 4.78 is 1.85. The summed E-state index contributed by atoms with van der Waals surface area (Å²) in [6.45, 7) is 1.53. The van der Waals surface area contributed by atoms with Crippen molar-refractivity contribution in [2.24, 2.45) is 4.99 Å². The molecule has 0 unspecified atom stereocenters. The molecule has 0 amide bonds. The van der Waals surface area contributed by atoms with Gasteiger partial charge < -0.3 is 15.6 Å². The number of hydrogen-bond acceptors (Lipinski definition) is 2. The topological polar surface area (TPSA) is 70.0 Å². The van der Waals surface area contributed by atoms with Crippen LogP contribution in [0.4, 0.5) is 0 Å². The van der Waals surface area contributed by atoms with E-state index in [2.05, 4.69) is 74.4 Å². The third-order valence-electron chi connectivity index (χ3n) is 4.75. The van der Waals surface area contributed by atoms with E-state index < -0.39 is 0 Å². The maximum absolute atomic E-state index is 4.31. The van der Waals surface area contributed by atoms with Crippen LogP contribution in [-0.2, 0) is 13.0 Å². The van der Waals surface area contributed by atoms with E-state index >= 15 is 0 Å². The van der Waals surface area contributed by atoms with Gasteiger partial charge in [0.05, 0.1) is 5.69 Å². The molecule has 6 nitrogen and oxygen atoms in total. The van der Waals surface area contributed by atoms with Crippen molar-refractivity contribution >= 4 is 16.9 Å². The fraction of sp³-hybridized carbons (Fsp3) is 0.182. The van der Waals surface area contributed by atoms with E-state index in [0.29, 0.717) is 6.54 Å². The predicted octanol–water partition coefficient (Wildman–Crippen LogP) is 3.26. The molecule has 0 spiro atoms. The average Bonchev–Trinajstić information content (AvgIpc) is 3.41. The molecule has 4 rings (SSSR count). The van der Waals surface area contributed by atoms with Crippen LogP contribution in [0, 0.1) is 0 Å². The maximum atomic E-state index is 4.31. The molecule has 4 aromatic rings. The molecular formula is C22H24N6. The number of aromatic amines is 1. The Morgan fingerprint density at radius 3 is 2.71 bits per heavy atom. The molecule has 142 valence electrons. The monoisotopic (exact) mass is 372 g/mol. The summed E-state index contributed by atoms with van der Waals surface area (Å²) in [4.78, 5) is 7.64. The van der Waals surface area contributed by atoms with Crippen molar-refractivity contribution in [2.75, 3.05) is 13.6 Å². The third-order valence-corrected chi connectivity index (χ3v) is 4.75. The number of aliphatic imine (C=N–C) groups is 1. The number of nitrogens with zero attached hydrogens (tertiary/aromatic N) is 3. The van der Waals surface area contributed by atoms with Crippen LogP contribution in [0.15, 0.2) is 78.2 Å². The molecule has 0 aliphatic heterocycles. The molecule has 2 aromatic carbocycles. The molecule has 2 heterocycles. The molecule has 2 aromatic heterocycles. The Labute approximate surface area is 164 Å². The molecule has 28 heavy (non-hydrogen) atoms. The number of H-pyrrole nitrogens is 1. The lowest BCUT2D eigenvalue weighted by atomic mass is 10.1. The van der Waals surface area contributed by atoms with Crippen LogP contribution in [0.25, 0.3) is 16.6 Å². The van der Waals surface area contributed by atoms with E-state index in [9.17, 15) is 0 Å². The Bertz CT molecular complexity index is 1040. The van der Waals surface area contributed by atoms with Crippen LogP contribution in [-0.4, -0.2) is 34.3 Å². The van der Waals surface area contributed by atoms with Crippen molar-refractivity contribution in [2.45, 2.75) is 13.0 Å². The molecule has 0 aliphatic carbocycles. The number of fused-ring (bicyclic) bond motifs is 1. The van der Waals surface area contributed by atoms with E-state index in [1.807, 2.05) is 23.0 Å². The van der Waals surface area contributed by atoms with E-state index in [1.165, 1.54) is 22.0 Å². The highest BCUT2D eigenvalue weighted by atomic mass is 15.3. The second-order valence-electron chi connectivity index (χ2n) is 6.58. The van der Waals surface area contributed by atoms with Crippen molar-refractivity contribution < 1.29 is 0 Å². The fourth-order valence-corrected chi connectivity index (χ4v) is 3.25. The molecule has 0 aliphatic rings. The van der Waals surface area contributed by atoms with E-state index in [1.54, 1.807) is 13.2 Å². The van der Waals surface area contributed by atoms with Crippen LogP contribution in [0.5, 0.6) is 0 Å². The standard InChI is InChI=1S/C22H24N6/c1-23-22(24-13-11-18-16-25-21-6-3-2-5-20(18)21)26-15-17-7-9-19(10-8-17)28-14-4-12-27-28/h2-10,12,14,16,25H,11,13,15H2,1H3,(H2,23,24,26). The minimum absolute atomic E-state index is 0.714. The molecule has 3 N–H and O–H groups in total. The molecule has 0 atom stereocenters. The van der Waals surface area contributed by atoms with Crippen molar-refractivity contribution in [3.8, 4) is 5.69 Å². The lowest BCUT2D eigenvalue weighted by Gasteiger charge is -2.12. The van der Waals surface area contributed by atoms with Crippen LogP contribution in [0.2, 0.25) is 0 Å². The first kappa shape index (κ1) is 17.9. The zero-order valence-electron chi connectivity index (χ0n) is 15.9. The van der Waals surface area contributed by atoms with Crippen LogP contribution in [0.1, 0.15) is 11.1 Å². The highest BCUT2D eigenvalue weighted by molar-refractivity contribution is 5.83. The van der Waals surface area contributed by atoms with Gasteiger partial charge in [0.15, 0.2) is 5.96 Å². The Kier molecular flexibility index (Phi) is 5.38. The summed E-state index contributed by atoms with van der Waals surface area (Å²) in [5, 5.41) is 12.3. The van der Waals surface area contributed by atoms with Crippen LogP contribution < -0.4 is 10.6 Å². The minimum atomic E-state index is 0.714. The molecular weight excluding hydrogens is 348 g/mol. The zero-order chi connectivity index (χ0) is 19.2. The third kappa shape index (κ3) is 4.06. The average molecular weight is 372 g/mol. The number of benzene rings is 2. The van der Waals surface area contributed by atoms with Gasteiger partial charge in [0.2, 0.25) is 0 Å². The first-order valence-corrected chi connectivity index (χ1v) is 9.42. The lowest BCUT2D eigenvalue weighted by Crippen LogP contribution is -2.37. The van der Waals surface area contributed by atoms with E-state index in [0.717, 1.165) is 24.6 Å². The van der Waals surface area contributed by atoms with E-state index in [-0.39, 0.29) is 0 Å². The summed E-state index contributed by atoms with van der Waals surface area (Å²) >= 11 is 0. The van der Waals surface area contributed by atoms with Crippen molar-refractivity contribution in [3.63, 3.8) is 0 Å².